The van der Waals surface area contributed by atoms with Crippen molar-refractivity contribution < 1.29 is 4.79 Å². The number of alkyl halides is 2. The molecule has 0 atom stereocenters. The number of aromatic amines is 1. The fourth-order valence-electron chi connectivity index (χ4n) is 1.48. The largest absolute Gasteiger partial charge is 0.363 e. The van der Waals surface area contributed by atoms with Gasteiger partial charge in [0.15, 0.2) is 0 Å². The lowest BCUT2D eigenvalue weighted by Crippen LogP contribution is -2.39. The number of hydrogen-bond acceptors (Lipinski definition) is 4. The summed E-state index contributed by atoms with van der Waals surface area (Å²) in [5.41, 5.74) is -1.12. The van der Waals surface area contributed by atoms with Crippen LogP contribution in [0, 0.1) is 0 Å². The van der Waals surface area contributed by atoms with Gasteiger partial charge in [-0.25, -0.2) is 9.36 Å². The lowest BCUT2D eigenvalue weighted by atomic mass is 10.4. The molecule has 0 fully saturated rings. The molecule has 0 aliphatic carbocycles. The van der Waals surface area contributed by atoms with Gasteiger partial charge in [0.05, 0.1) is 0 Å². The molecule has 6 nitrogen and oxygen atoms in total. The van der Waals surface area contributed by atoms with Crippen LogP contribution in [0.1, 0.15) is 11.7 Å². The Kier molecular flexibility index (Phi) is 5.43. The Bertz CT molecular complexity index is 532. The number of rotatable bonds is 5. The van der Waals surface area contributed by atoms with Gasteiger partial charge in [0, 0.05) is 38.0 Å². The van der Waals surface area contributed by atoms with Gasteiger partial charge in [0.25, 0.3) is 5.56 Å². The van der Waals surface area contributed by atoms with Gasteiger partial charge in [-0.15, -0.1) is 23.2 Å². The van der Waals surface area contributed by atoms with Crippen LogP contribution in [-0.2, 0) is 0 Å². The molecular weight excluding hydrogens is 281 g/mol. The first-order valence-electron chi connectivity index (χ1n) is 5.25. The number of halogens is 2. The molecule has 0 bridgehead atoms. The number of anilines is 1. The maximum Gasteiger partial charge on any atom is 0.335 e. The SMILES string of the molecule is CC(=O)n1cc(N(CCCl)CCCl)c(=O)[nH]c1=O. The highest BCUT2D eigenvalue weighted by molar-refractivity contribution is 6.18. The third-order valence-electron chi connectivity index (χ3n) is 2.31. The predicted octanol–water partition coefficient (Wildman–Crippen LogP) is 0.481. The molecule has 18 heavy (non-hydrogen) atoms. The van der Waals surface area contributed by atoms with Crippen LogP contribution < -0.4 is 16.1 Å². The van der Waals surface area contributed by atoms with Gasteiger partial charge in [0.2, 0.25) is 5.91 Å². The quantitative estimate of drug-likeness (QED) is 0.802. The standard InChI is InChI=1S/C10H13Cl2N3O3/c1-7(16)15-6-8(9(17)13-10(15)18)14(4-2-11)5-3-12/h6H,2-5H2,1H3,(H,13,17,18). The monoisotopic (exact) mass is 293 g/mol. The van der Waals surface area contributed by atoms with Crippen molar-refractivity contribution in [3.05, 3.63) is 27.0 Å². The van der Waals surface area contributed by atoms with Crippen LogP contribution in [0.4, 0.5) is 5.69 Å². The fraction of sp³-hybridized carbons (Fsp3) is 0.500. The van der Waals surface area contributed by atoms with Crippen molar-refractivity contribution in [1.82, 2.24) is 9.55 Å². The van der Waals surface area contributed by atoms with E-state index in [1.54, 1.807) is 4.90 Å². The molecule has 1 aromatic rings. The van der Waals surface area contributed by atoms with Gasteiger partial charge in [0.1, 0.15) is 5.69 Å². The number of nitrogens with one attached hydrogen (secondary N) is 1. The van der Waals surface area contributed by atoms with E-state index in [2.05, 4.69) is 4.98 Å². The first-order chi connectivity index (χ1) is 8.51. The highest BCUT2D eigenvalue weighted by atomic mass is 35.5. The Morgan fingerprint density at radius 1 is 1.33 bits per heavy atom. The van der Waals surface area contributed by atoms with E-state index < -0.39 is 17.2 Å². The highest BCUT2D eigenvalue weighted by Crippen LogP contribution is 2.06. The van der Waals surface area contributed by atoms with Gasteiger partial charge >= 0.3 is 5.69 Å². The van der Waals surface area contributed by atoms with E-state index in [1.165, 1.54) is 13.1 Å². The Morgan fingerprint density at radius 3 is 2.33 bits per heavy atom. The maximum absolute atomic E-state index is 11.7. The van der Waals surface area contributed by atoms with E-state index in [0.717, 1.165) is 4.57 Å². The predicted molar refractivity (Wildman–Crippen MR) is 71.3 cm³/mol. The van der Waals surface area contributed by atoms with Crippen molar-refractivity contribution >= 4 is 34.8 Å². The van der Waals surface area contributed by atoms with E-state index in [0.29, 0.717) is 24.8 Å². The van der Waals surface area contributed by atoms with Crippen molar-refractivity contribution in [3.8, 4) is 0 Å². The molecule has 0 amide bonds. The van der Waals surface area contributed by atoms with Crippen LogP contribution in [0.15, 0.2) is 15.8 Å². The number of carbonyl (C=O) groups is 1. The summed E-state index contributed by atoms with van der Waals surface area (Å²) >= 11 is 11.3. The molecule has 0 aliphatic rings. The van der Waals surface area contributed by atoms with E-state index >= 15 is 0 Å². The second-order valence-corrected chi connectivity index (χ2v) is 4.28. The minimum absolute atomic E-state index is 0.200. The Morgan fingerprint density at radius 2 is 1.89 bits per heavy atom. The molecule has 0 aliphatic heterocycles. The molecule has 0 saturated carbocycles. The van der Waals surface area contributed by atoms with E-state index in [4.69, 9.17) is 23.2 Å². The minimum atomic E-state index is -0.757. The topological polar surface area (TPSA) is 75.2 Å². The molecule has 0 radical (unpaired) electrons. The summed E-state index contributed by atoms with van der Waals surface area (Å²) in [6.45, 7) is 2.03. The fourth-order valence-corrected chi connectivity index (χ4v) is 1.88. The van der Waals surface area contributed by atoms with Crippen LogP contribution in [0.25, 0.3) is 0 Å². The van der Waals surface area contributed by atoms with Crippen molar-refractivity contribution in [2.45, 2.75) is 6.92 Å². The molecule has 100 valence electrons. The molecule has 0 saturated heterocycles. The summed E-state index contributed by atoms with van der Waals surface area (Å²) in [7, 11) is 0. The number of hydrogen-bond donors (Lipinski definition) is 1. The van der Waals surface area contributed by atoms with Crippen LogP contribution in [0.2, 0.25) is 0 Å². The highest BCUT2D eigenvalue weighted by Gasteiger charge is 2.13. The lowest BCUT2D eigenvalue weighted by molar-refractivity contribution is 0.0930. The number of aromatic nitrogens is 2. The Labute approximate surface area is 113 Å². The summed E-state index contributed by atoms with van der Waals surface area (Å²) < 4.78 is 0.839. The summed E-state index contributed by atoms with van der Waals surface area (Å²) in [4.78, 5) is 38.0. The molecule has 8 heteroatoms. The lowest BCUT2D eigenvalue weighted by Gasteiger charge is -2.21. The Balaban J connectivity index is 3.29. The van der Waals surface area contributed by atoms with Gasteiger partial charge in [-0.1, -0.05) is 0 Å². The smallest absolute Gasteiger partial charge is 0.335 e. The average molecular weight is 294 g/mol. The second kappa shape index (κ2) is 6.61. The molecule has 0 unspecified atom stereocenters. The molecule has 0 spiro atoms. The molecule has 1 aromatic heterocycles. The molecule has 1 heterocycles. The van der Waals surface area contributed by atoms with Gasteiger partial charge in [-0.3, -0.25) is 14.6 Å². The molecule has 1 rings (SSSR count). The molecular formula is C10H13Cl2N3O3. The maximum atomic E-state index is 11.7. The third-order valence-corrected chi connectivity index (χ3v) is 2.65. The summed E-state index contributed by atoms with van der Waals surface area (Å²) in [6, 6.07) is 0. The van der Waals surface area contributed by atoms with Crippen molar-refractivity contribution in [2.24, 2.45) is 0 Å². The van der Waals surface area contributed by atoms with Gasteiger partial charge in [-0.2, -0.15) is 0 Å². The summed E-state index contributed by atoms with van der Waals surface area (Å²) in [5, 5.41) is 0. The van der Waals surface area contributed by atoms with E-state index in [-0.39, 0.29) is 5.69 Å². The van der Waals surface area contributed by atoms with E-state index in [1.807, 2.05) is 0 Å². The minimum Gasteiger partial charge on any atom is -0.363 e. The molecule has 1 N–H and O–H groups in total. The van der Waals surface area contributed by atoms with Crippen molar-refractivity contribution in [1.29, 1.82) is 0 Å². The van der Waals surface area contributed by atoms with Crippen molar-refractivity contribution in [3.63, 3.8) is 0 Å². The second-order valence-electron chi connectivity index (χ2n) is 3.53. The zero-order chi connectivity index (χ0) is 13.7. The normalized spacial score (nSPS) is 10.4. The number of nitrogens with zero attached hydrogens (tertiary/aromatic N) is 2. The van der Waals surface area contributed by atoms with Crippen LogP contribution in [0.3, 0.4) is 0 Å². The van der Waals surface area contributed by atoms with Crippen LogP contribution in [-0.4, -0.2) is 40.3 Å². The zero-order valence-corrected chi connectivity index (χ0v) is 11.3. The van der Waals surface area contributed by atoms with Crippen molar-refractivity contribution in [2.75, 3.05) is 29.7 Å². The zero-order valence-electron chi connectivity index (χ0n) is 9.78. The van der Waals surface area contributed by atoms with Crippen LogP contribution >= 0.6 is 23.2 Å². The van der Waals surface area contributed by atoms with E-state index in [9.17, 15) is 14.4 Å². The number of carbonyl (C=O) groups excluding carboxylic acids is 1. The van der Waals surface area contributed by atoms with Gasteiger partial charge < -0.3 is 4.90 Å². The average Bonchev–Trinajstić information content (AvgIpc) is 2.28. The first kappa shape index (κ1) is 14.8. The van der Waals surface area contributed by atoms with Crippen LogP contribution in [0.5, 0.6) is 0 Å². The van der Waals surface area contributed by atoms with Gasteiger partial charge in [-0.05, 0) is 0 Å². The summed E-state index contributed by atoms with van der Waals surface area (Å²) in [5.74, 6) is 0.125. The number of H-pyrrole nitrogens is 1. The Hall–Kier alpha value is -1.27. The molecule has 0 aromatic carbocycles. The third kappa shape index (κ3) is 3.36. The first-order valence-corrected chi connectivity index (χ1v) is 6.32. The summed E-state index contributed by atoms with van der Waals surface area (Å²) in [6.07, 6.45) is 1.21.